The molecule has 0 saturated carbocycles. The molecule has 3 rings (SSSR count). The SMILES string of the molecule is CCC(=O)c1cnc(NC(=O)NC(C)C)cc1Nc1cccc(-c2ncn(CC)n2)c1OC. The van der Waals surface area contributed by atoms with Crippen LogP contribution in [0.5, 0.6) is 5.75 Å². The number of pyridine rings is 1. The summed E-state index contributed by atoms with van der Waals surface area (Å²) < 4.78 is 7.41. The number of rotatable bonds is 9. The van der Waals surface area contributed by atoms with Crippen molar-refractivity contribution >= 4 is 29.0 Å². The molecule has 0 fully saturated rings. The van der Waals surface area contributed by atoms with Gasteiger partial charge in [-0.15, -0.1) is 0 Å². The lowest BCUT2D eigenvalue weighted by Gasteiger charge is -2.17. The van der Waals surface area contributed by atoms with Gasteiger partial charge in [0, 0.05) is 31.3 Å². The smallest absolute Gasteiger partial charge is 0.320 e. The molecular formula is C23H29N7O3. The molecule has 0 aliphatic heterocycles. The number of aromatic nitrogens is 4. The van der Waals surface area contributed by atoms with Crippen LogP contribution in [-0.4, -0.2) is 44.7 Å². The Labute approximate surface area is 192 Å². The summed E-state index contributed by atoms with van der Waals surface area (Å²) in [6.45, 7) is 8.19. The Hall–Kier alpha value is -3.95. The number of Topliss-reactive ketones (excluding diaryl/α,β-unsaturated/α-hetero) is 1. The van der Waals surface area contributed by atoms with E-state index in [4.69, 9.17) is 4.74 Å². The first-order chi connectivity index (χ1) is 15.9. The first kappa shape index (κ1) is 23.7. The molecule has 3 aromatic rings. The van der Waals surface area contributed by atoms with Gasteiger partial charge in [-0.25, -0.2) is 14.8 Å². The van der Waals surface area contributed by atoms with Gasteiger partial charge in [0.25, 0.3) is 0 Å². The maximum Gasteiger partial charge on any atom is 0.320 e. The van der Waals surface area contributed by atoms with E-state index in [-0.39, 0.29) is 17.9 Å². The van der Waals surface area contributed by atoms with Crippen LogP contribution in [0.4, 0.5) is 22.0 Å². The van der Waals surface area contributed by atoms with Crippen LogP contribution in [0.2, 0.25) is 0 Å². The third-order valence-corrected chi connectivity index (χ3v) is 4.78. The number of benzene rings is 1. The molecular weight excluding hydrogens is 422 g/mol. The van der Waals surface area contributed by atoms with E-state index in [1.165, 1.54) is 6.20 Å². The highest BCUT2D eigenvalue weighted by molar-refractivity contribution is 6.02. The largest absolute Gasteiger partial charge is 0.494 e. The van der Waals surface area contributed by atoms with Crippen LogP contribution in [-0.2, 0) is 6.54 Å². The topological polar surface area (TPSA) is 123 Å². The number of nitrogens with zero attached hydrogens (tertiary/aromatic N) is 4. The Kier molecular flexibility index (Phi) is 7.60. The average molecular weight is 452 g/mol. The Morgan fingerprint density at radius 1 is 1.15 bits per heavy atom. The molecule has 0 bridgehead atoms. The summed E-state index contributed by atoms with van der Waals surface area (Å²) in [7, 11) is 1.56. The second kappa shape index (κ2) is 10.6. The van der Waals surface area contributed by atoms with E-state index in [1.807, 2.05) is 39.0 Å². The number of aryl methyl sites for hydroxylation is 1. The van der Waals surface area contributed by atoms with Crippen LogP contribution in [0.1, 0.15) is 44.5 Å². The number of ketones is 1. The second-order valence-electron chi connectivity index (χ2n) is 7.58. The van der Waals surface area contributed by atoms with Crippen molar-refractivity contribution in [2.75, 3.05) is 17.7 Å². The first-order valence-electron chi connectivity index (χ1n) is 10.8. The van der Waals surface area contributed by atoms with Crippen molar-refractivity contribution in [3.05, 3.63) is 42.4 Å². The number of para-hydroxylation sites is 1. The fourth-order valence-electron chi connectivity index (χ4n) is 3.20. The number of hydrogen-bond donors (Lipinski definition) is 3. The molecule has 2 heterocycles. The van der Waals surface area contributed by atoms with Gasteiger partial charge in [0.05, 0.1) is 29.6 Å². The van der Waals surface area contributed by atoms with E-state index in [0.29, 0.717) is 52.9 Å². The van der Waals surface area contributed by atoms with Gasteiger partial charge >= 0.3 is 6.03 Å². The maximum absolute atomic E-state index is 12.5. The third-order valence-electron chi connectivity index (χ3n) is 4.78. The van der Waals surface area contributed by atoms with Crippen molar-refractivity contribution in [2.45, 2.75) is 46.7 Å². The van der Waals surface area contributed by atoms with Gasteiger partial charge in [0.15, 0.2) is 17.4 Å². The van der Waals surface area contributed by atoms with Crippen molar-refractivity contribution < 1.29 is 14.3 Å². The lowest BCUT2D eigenvalue weighted by atomic mass is 10.1. The standard InChI is InChI=1S/C23H29N7O3/c1-6-19(31)16-12-24-20(28-23(32)26-14(3)4)11-18(16)27-17-10-8-9-15(21(17)33-5)22-25-13-30(7-2)29-22/h8-14H,6-7H2,1-5H3,(H3,24,26,27,28,32). The molecule has 174 valence electrons. The number of urea groups is 1. The molecule has 0 saturated heterocycles. The molecule has 0 radical (unpaired) electrons. The Morgan fingerprint density at radius 3 is 2.58 bits per heavy atom. The number of methoxy groups -OCH3 is 1. The Bertz CT molecular complexity index is 1140. The number of nitrogens with one attached hydrogen (secondary N) is 3. The van der Waals surface area contributed by atoms with E-state index in [1.54, 1.807) is 31.1 Å². The molecule has 10 nitrogen and oxygen atoms in total. The first-order valence-corrected chi connectivity index (χ1v) is 10.8. The predicted octanol–water partition coefficient (Wildman–Crippen LogP) is 4.23. The lowest BCUT2D eigenvalue weighted by Crippen LogP contribution is -2.34. The summed E-state index contributed by atoms with van der Waals surface area (Å²) >= 11 is 0. The lowest BCUT2D eigenvalue weighted by molar-refractivity contribution is 0.0988. The summed E-state index contributed by atoms with van der Waals surface area (Å²) in [6.07, 6.45) is 3.43. The minimum atomic E-state index is -0.379. The van der Waals surface area contributed by atoms with E-state index in [0.717, 1.165) is 0 Å². The molecule has 1 aromatic carbocycles. The molecule has 33 heavy (non-hydrogen) atoms. The zero-order valence-corrected chi connectivity index (χ0v) is 19.5. The number of carbonyl (C=O) groups is 2. The van der Waals surface area contributed by atoms with Gasteiger partial charge in [0.1, 0.15) is 12.1 Å². The van der Waals surface area contributed by atoms with E-state index in [2.05, 4.69) is 31.0 Å². The normalized spacial score (nSPS) is 10.7. The monoisotopic (exact) mass is 451 g/mol. The van der Waals surface area contributed by atoms with Crippen LogP contribution >= 0.6 is 0 Å². The van der Waals surface area contributed by atoms with Crippen LogP contribution in [0.3, 0.4) is 0 Å². The molecule has 2 aromatic heterocycles. The van der Waals surface area contributed by atoms with Gasteiger partial charge in [-0.2, -0.15) is 5.10 Å². The number of hydrogen-bond acceptors (Lipinski definition) is 7. The van der Waals surface area contributed by atoms with Crippen LogP contribution in [0.15, 0.2) is 36.8 Å². The molecule has 10 heteroatoms. The quantitative estimate of drug-likeness (QED) is 0.416. The molecule has 0 atom stereocenters. The van der Waals surface area contributed by atoms with Gasteiger partial charge < -0.3 is 15.4 Å². The van der Waals surface area contributed by atoms with E-state index >= 15 is 0 Å². The number of ether oxygens (including phenoxy) is 1. The van der Waals surface area contributed by atoms with Crippen LogP contribution in [0, 0.1) is 0 Å². The summed E-state index contributed by atoms with van der Waals surface area (Å²) in [6, 6.07) is 6.77. The molecule has 0 unspecified atom stereocenters. The molecule has 0 spiro atoms. The molecule has 3 N–H and O–H groups in total. The zero-order valence-electron chi connectivity index (χ0n) is 19.5. The number of amides is 2. The Morgan fingerprint density at radius 2 is 1.94 bits per heavy atom. The fraction of sp³-hybridized carbons (Fsp3) is 0.348. The summed E-state index contributed by atoms with van der Waals surface area (Å²) in [5.41, 5.74) is 2.24. The summed E-state index contributed by atoms with van der Waals surface area (Å²) in [5.74, 6) is 1.29. The van der Waals surface area contributed by atoms with Gasteiger partial charge in [0.2, 0.25) is 0 Å². The van der Waals surface area contributed by atoms with E-state index < -0.39 is 0 Å². The van der Waals surface area contributed by atoms with Crippen molar-refractivity contribution in [1.82, 2.24) is 25.1 Å². The van der Waals surface area contributed by atoms with Crippen molar-refractivity contribution in [2.24, 2.45) is 0 Å². The third kappa shape index (κ3) is 5.65. The summed E-state index contributed by atoms with van der Waals surface area (Å²) in [5, 5.41) is 13.2. The fourth-order valence-corrected chi connectivity index (χ4v) is 3.20. The molecule has 0 aliphatic rings. The van der Waals surface area contributed by atoms with Crippen molar-refractivity contribution in [3.8, 4) is 17.1 Å². The molecule has 0 aliphatic carbocycles. The minimum absolute atomic E-state index is 0.0275. The van der Waals surface area contributed by atoms with E-state index in [9.17, 15) is 9.59 Å². The van der Waals surface area contributed by atoms with Crippen molar-refractivity contribution in [3.63, 3.8) is 0 Å². The number of anilines is 3. The van der Waals surface area contributed by atoms with Crippen LogP contribution in [0.25, 0.3) is 11.4 Å². The highest BCUT2D eigenvalue weighted by Gasteiger charge is 2.18. The predicted molar refractivity (Wildman–Crippen MR) is 127 cm³/mol. The molecule has 2 amide bonds. The zero-order chi connectivity index (χ0) is 24.0. The number of carbonyl (C=O) groups excluding carboxylic acids is 2. The maximum atomic E-state index is 12.5. The van der Waals surface area contributed by atoms with Gasteiger partial charge in [-0.1, -0.05) is 13.0 Å². The van der Waals surface area contributed by atoms with Gasteiger partial charge in [-0.3, -0.25) is 14.8 Å². The minimum Gasteiger partial charge on any atom is -0.494 e. The highest BCUT2D eigenvalue weighted by atomic mass is 16.5. The van der Waals surface area contributed by atoms with Crippen LogP contribution < -0.4 is 20.7 Å². The second-order valence-corrected chi connectivity index (χ2v) is 7.58. The van der Waals surface area contributed by atoms with Gasteiger partial charge in [-0.05, 0) is 32.9 Å². The highest BCUT2D eigenvalue weighted by Crippen LogP contribution is 2.37. The van der Waals surface area contributed by atoms with Crippen molar-refractivity contribution in [1.29, 1.82) is 0 Å². The average Bonchev–Trinajstić information content (AvgIpc) is 3.27. The Balaban J connectivity index is 2.00. The summed E-state index contributed by atoms with van der Waals surface area (Å²) in [4.78, 5) is 33.3.